The molecule has 3 heterocycles. The van der Waals surface area contributed by atoms with Crippen LogP contribution in [0.25, 0.3) is 22.5 Å². The van der Waals surface area contributed by atoms with E-state index in [0.29, 0.717) is 11.6 Å². The lowest BCUT2D eigenvalue weighted by atomic mass is 10.1. The van der Waals surface area contributed by atoms with Gasteiger partial charge in [0.1, 0.15) is 6.33 Å². The molecule has 7 nitrogen and oxygen atoms in total. The van der Waals surface area contributed by atoms with Crippen LogP contribution in [0.3, 0.4) is 0 Å². The molecule has 1 atom stereocenters. The summed E-state index contributed by atoms with van der Waals surface area (Å²) in [6.07, 6.45) is 6.87. The third kappa shape index (κ3) is 4.24. The zero-order chi connectivity index (χ0) is 22.1. The lowest BCUT2D eigenvalue weighted by Crippen LogP contribution is -2.11. The number of nitrogens with zero attached hydrogens (tertiary/aromatic N) is 5. The number of rotatable bonds is 7. The molecular formula is C25H26N6O. The highest BCUT2D eigenvalue weighted by Gasteiger charge is 2.24. The van der Waals surface area contributed by atoms with E-state index < -0.39 is 6.23 Å². The van der Waals surface area contributed by atoms with Crippen molar-refractivity contribution in [3.63, 3.8) is 0 Å². The summed E-state index contributed by atoms with van der Waals surface area (Å²) < 4.78 is 2.02. The van der Waals surface area contributed by atoms with Gasteiger partial charge in [0.2, 0.25) is 0 Å². The van der Waals surface area contributed by atoms with Crippen LogP contribution >= 0.6 is 0 Å². The number of hydrogen-bond acceptors (Lipinski definition) is 6. The first-order chi connectivity index (χ1) is 15.6. The number of anilines is 1. The Morgan fingerprint density at radius 2 is 1.88 bits per heavy atom. The van der Waals surface area contributed by atoms with Crippen molar-refractivity contribution in [1.29, 1.82) is 0 Å². The van der Waals surface area contributed by atoms with Gasteiger partial charge in [-0.25, -0.2) is 0 Å². The quantitative estimate of drug-likeness (QED) is 0.406. The van der Waals surface area contributed by atoms with E-state index in [4.69, 9.17) is 0 Å². The second kappa shape index (κ2) is 8.51. The van der Waals surface area contributed by atoms with Gasteiger partial charge in [-0.2, -0.15) is 0 Å². The number of hydrogen-bond donors (Lipinski definition) is 2. The molecule has 32 heavy (non-hydrogen) atoms. The molecule has 0 aliphatic heterocycles. The van der Waals surface area contributed by atoms with Gasteiger partial charge in [-0.3, -0.25) is 9.97 Å². The van der Waals surface area contributed by atoms with Crippen molar-refractivity contribution >= 4 is 5.69 Å². The van der Waals surface area contributed by atoms with Gasteiger partial charge in [0.05, 0.1) is 5.69 Å². The van der Waals surface area contributed by atoms with Crippen LogP contribution in [0.5, 0.6) is 0 Å². The standard InChI is InChI=1S/C25H26N6O/c1-16(2)31-15-28-30-24(31)19-4-3-5-21(12-19)29-25(32)23-13-18(10-11-26-23)20-8-9-22(27-14-20)17-6-7-17/h3-5,8-17,25,29,32H,6-7H2,1-2H3. The first-order valence-electron chi connectivity index (χ1n) is 11.0. The second-order valence-electron chi connectivity index (χ2n) is 8.50. The van der Waals surface area contributed by atoms with Gasteiger partial charge < -0.3 is 15.0 Å². The van der Waals surface area contributed by atoms with E-state index in [0.717, 1.165) is 33.9 Å². The molecule has 0 amide bonds. The number of aromatic nitrogens is 5. The fraction of sp³-hybridized carbons (Fsp3) is 0.280. The summed E-state index contributed by atoms with van der Waals surface area (Å²) in [5.41, 5.74) is 5.40. The van der Waals surface area contributed by atoms with Crippen LogP contribution < -0.4 is 5.32 Å². The lowest BCUT2D eigenvalue weighted by Gasteiger charge is -2.16. The smallest absolute Gasteiger partial charge is 0.168 e. The first kappa shape index (κ1) is 20.3. The summed E-state index contributed by atoms with van der Waals surface area (Å²) in [4.78, 5) is 8.97. The Hall–Kier alpha value is -3.58. The van der Waals surface area contributed by atoms with E-state index in [-0.39, 0.29) is 6.04 Å². The van der Waals surface area contributed by atoms with Crippen molar-refractivity contribution in [2.24, 2.45) is 0 Å². The molecule has 1 saturated carbocycles. The molecule has 0 bridgehead atoms. The van der Waals surface area contributed by atoms with Crippen LogP contribution in [0.1, 0.15) is 56.3 Å². The highest BCUT2D eigenvalue weighted by Crippen LogP contribution is 2.39. The molecule has 1 aliphatic carbocycles. The molecule has 0 radical (unpaired) electrons. The number of pyridine rings is 2. The molecule has 0 spiro atoms. The maximum absolute atomic E-state index is 10.8. The summed E-state index contributed by atoms with van der Waals surface area (Å²) in [5.74, 6) is 1.42. The maximum atomic E-state index is 10.8. The van der Waals surface area contributed by atoms with Crippen LogP contribution in [0.2, 0.25) is 0 Å². The van der Waals surface area contributed by atoms with Gasteiger partial charge in [-0.05, 0) is 62.6 Å². The summed E-state index contributed by atoms with van der Waals surface area (Å²) in [7, 11) is 0. The first-order valence-corrected chi connectivity index (χ1v) is 11.0. The van der Waals surface area contributed by atoms with E-state index in [9.17, 15) is 5.11 Å². The molecule has 1 aromatic carbocycles. The molecule has 1 fully saturated rings. The maximum Gasteiger partial charge on any atom is 0.168 e. The highest BCUT2D eigenvalue weighted by atomic mass is 16.3. The molecule has 4 aromatic rings. The van der Waals surface area contributed by atoms with E-state index in [1.165, 1.54) is 12.8 Å². The van der Waals surface area contributed by atoms with E-state index in [1.807, 2.05) is 47.2 Å². The molecule has 1 aliphatic rings. The van der Waals surface area contributed by atoms with E-state index in [2.05, 4.69) is 51.5 Å². The summed E-state index contributed by atoms with van der Waals surface area (Å²) in [6.45, 7) is 4.18. The van der Waals surface area contributed by atoms with Crippen molar-refractivity contribution in [3.8, 4) is 22.5 Å². The Labute approximate surface area is 187 Å². The largest absolute Gasteiger partial charge is 0.368 e. The number of aliphatic hydroxyl groups is 1. The molecule has 5 rings (SSSR count). The monoisotopic (exact) mass is 426 g/mol. The summed E-state index contributed by atoms with van der Waals surface area (Å²) in [6, 6.07) is 16.1. The molecule has 3 aromatic heterocycles. The van der Waals surface area contributed by atoms with Gasteiger partial charge in [0.15, 0.2) is 12.1 Å². The number of nitrogens with one attached hydrogen (secondary N) is 1. The van der Waals surface area contributed by atoms with Crippen molar-refractivity contribution in [2.45, 2.75) is 44.9 Å². The van der Waals surface area contributed by atoms with E-state index in [1.54, 1.807) is 12.5 Å². The Morgan fingerprint density at radius 1 is 1.00 bits per heavy atom. The van der Waals surface area contributed by atoms with E-state index >= 15 is 0 Å². The van der Waals surface area contributed by atoms with Crippen molar-refractivity contribution in [1.82, 2.24) is 24.7 Å². The van der Waals surface area contributed by atoms with Crippen LogP contribution in [0.15, 0.2) is 67.3 Å². The minimum atomic E-state index is -0.952. The molecular weight excluding hydrogens is 400 g/mol. The SMILES string of the molecule is CC(C)n1cnnc1-c1cccc(NC(O)c2cc(-c3ccc(C4CC4)nc3)ccn2)c1. The predicted octanol–water partition coefficient (Wildman–Crippen LogP) is 4.96. The van der Waals surface area contributed by atoms with Gasteiger partial charge >= 0.3 is 0 Å². The summed E-state index contributed by atoms with van der Waals surface area (Å²) >= 11 is 0. The number of aliphatic hydroxyl groups excluding tert-OH is 1. The molecule has 2 N–H and O–H groups in total. The van der Waals surface area contributed by atoms with Crippen molar-refractivity contribution in [2.75, 3.05) is 5.32 Å². The zero-order valence-electron chi connectivity index (χ0n) is 18.2. The molecule has 1 unspecified atom stereocenters. The fourth-order valence-electron chi connectivity index (χ4n) is 3.78. The third-order valence-electron chi connectivity index (χ3n) is 5.73. The van der Waals surface area contributed by atoms with Crippen molar-refractivity contribution < 1.29 is 5.11 Å². The Kier molecular flexibility index (Phi) is 5.41. The average molecular weight is 427 g/mol. The Bertz CT molecular complexity index is 1210. The predicted molar refractivity (Wildman–Crippen MR) is 124 cm³/mol. The Balaban J connectivity index is 1.34. The normalized spacial score (nSPS) is 14.5. The van der Waals surface area contributed by atoms with Crippen LogP contribution in [0.4, 0.5) is 5.69 Å². The molecule has 0 saturated heterocycles. The third-order valence-corrected chi connectivity index (χ3v) is 5.73. The van der Waals surface area contributed by atoms with Gasteiger partial charge in [0.25, 0.3) is 0 Å². The van der Waals surface area contributed by atoms with Crippen LogP contribution in [-0.2, 0) is 0 Å². The van der Waals surface area contributed by atoms with Gasteiger partial charge in [-0.15, -0.1) is 10.2 Å². The average Bonchev–Trinajstić information content (AvgIpc) is 3.55. The highest BCUT2D eigenvalue weighted by molar-refractivity contribution is 5.64. The van der Waals surface area contributed by atoms with Gasteiger partial charge in [-0.1, -0.05) is 18.2 Å². The van der Waals surface area contributed by atoms with Crippen LogP contribution in [0, 0.1) is 0 Å². The Morgan fingerprint density at radius 3 is 2.62 bits per heavy atom. The fourth-order valence-corrected chi connectivity index (χ4v) is 3.78. The minimum absolute atomic E-state index is 0.252. The van der Waals surface area contributed by atoms with Crippen LogP contribution in [-0.4, -0.2) is 29.8 Å². The lowest BCUT2D eigenvalue weighted by molar-refractivity contribution is 0.203. The van der Waals surface area contributed by atoms with Crippen molar-refractivity contribution in [3.05, 3.63) is 78.6 Å². The summed E-state index contributed by atoms with van der Waals surface area (Å²) in [5, 5.41) is 22.3. The molecule has 162 valence electrons. The van der Waals surface area contributed by atoms with Gasteiger partial charge in [0, 0.05) is 46.9 Å². The number of benzene rings is 1. The second-order valence-corrected chi connectivity index (χ2v) is 8.50. The minimum Gasteiger partial charge on any atom is -0.368 e. The molecule has 7 heteroatoms. The zero-order valence-corrected chi connectivity index (χ0v) is 18.2. The topological polar surface area (TPSA) is 88.8 Å².